The van der Waals surface area contributed by atoms with E-state index in [1.165, 1.54) is 0 Å². The summed E-state index contributed by atoms with van der Waals surface area (Å²) in [5, 5.41) is 3.13. The molecule has 1 unspecified atom stereocenters. The quantitative estimate of drug-likeness (QED) is 0.619. The van der Waals surface area contributed by atoms with Crippen LogP contribution in [-0.4, -0.2) is 39.9 Å². The molecule has 1 N–H and O–H groups in total. The van der Waals surface area contributed by atoms with E-state index in [4.69, 9.17) is 4.74 Å². The lowest BCUT2D eigenvalue weighted by atomic mass is 10.0. The Labute approximate surface area is 188 Å². The zero-order chi connectivity index (χ0) is 22.5. The van der Waals surface area contributed by atoms with Crippen LogP contribution in [0.1, 0.15) is 57.2 Å². The van der Waals surface area contributed by atoms with E-state index in [1.54, 1.807) is 24.2 Å². The number of amides is 2. The number of aromatic nitrogens is 2. The fraction of sp³-hybridized carbons (Fsp3) is 0.320. The summed E-state index contributed by atoms with van der Waals surface area (Å²) >= 11 is 0. The highest BCUT2D eigenvalue weighted by atomic mass is 16.5. The predicted octanol–water partition coefficient (Wildman–Crippen LogP) is 3.57. The first-order chi connectivity index (χ1) is 15.6. The van der Waals surface area contributed by atoms with E-state index in [9.17, 15) is 9.59 Å². The van der Waals surface area contributed by atoms with E-state index in [-0.39, 0.29) is 17.9 Å². The molecule has 0 bridgehead atoms. The SMILES string of the molecule is CCC(NC(=O)c1cc(C(=O)N(C)Cc2ccccn2)n2c1COCC2)c1ccccc1. The molecule has 1 aliphatic heterocycles. The van der Waals surface area contributed by atoms with E-state index < -0.39 is 0 Å². The highest BCUT2D eigenvalue weighted by Crippen LogP contribution is 2.24. The van der Waals surface area contributed by atoms with Gasteiger partial charge >= 0.3 is 0 Å². The van der Waals surface area contributed by atoms with Gasteiger partial charge in [0.25, 0.3) is 11.8 Å². The van der Waals surface area contributed by atoms with Crippen molar-refractivity contribution in [2.24, 2.45) is 0 Å². The molecule has 2 amide bonds. The van der Waals surface area contributed by atoms with Gasteiger partial charge < -0.3 is 19.5 Å². The van der Waals surface area contributed by atoms with Crippen molar-refractivity contribution in [3.63, 3.8) is 0 Å². The fourth-order valence-electron chi connectivity index (χ4n) is 4.04. The van der Waals surface area contributed by atoms with Gasteiger partial charge in [0.1, 0.15) is 5.69 Å². The van der Waals surface area contributed by atoms with Gasteiger partial charge in [0.2, 0.25) is 0 Å². The summed E-state index contributed by atoms with van der Waals surface area (Å²) in [7, 11) is 1.75. The third-order valence-electron chi connectivity index (χ3n) is 5.76. The molecule has 1 aliphatic rings. The molecule has 7 nitrogen and oxygen atoms in total. The zero-order valence-electron chi connectivity index (χ0n) is 18.5. The van der Waals surface area contributed by atoms with Crippen molar-refractivity contribution in [3.8, 4) is 0 Å². The Morgan fingerprint density at radius 1 is 1.19 bits per heavy atom. The van der Waals surface area contributed by atoms with Gasteiger partial charge in [-0.3, -0.25) is 14.6 Å². The molecule has 0 spiro atoms. The molecule has 0 saturated heterocycles. The second-order valence-electron chi connectivity index (χ2n) is 7.92. The molecule has 3 aromatic rings. The molecule has 4 rings (SSSR count). The van der Waals surface area contributed by atoms with Gasteiger partial charge in [-0.05, 0) is 30.2 Å². The third kappa shape index (κ3) is 4.57. The van der Waals surface area contributed by atoms with Crippen LogP contribution in [0.3, 0.4) is 0 Å². The molecule has 166 valence electrons. The van der Waals surface area contributed by atoms with Crippen molar-refractivity contribution in [2.45, 2.75) is 39.1 Å². The van der Waals surface area contributed by atoms with Crippen molar-refractivity contribution in [3.05, 3.63) is 89.0 Å². The van der Waals surface area contributed by atoms with Crippen LogP contribution in [0.15, 0.2) is 60.8 Å². The first kappa shape index (κ1) is 21.8. The molecule has 0 fully saturated rings. The second kappa shape index (κ2) is 9.78. The lowest BCUT2D eigenvalue weighted by molar-refractivity contribution is 0.0708. The standard InChI is InChI=1S/C25H28N4O3/c1-3-21(18-9-5-4-6-10-18)27-24(30)20-15-22(29-13-14-32-17-23(20)29)25(31)28(2)16-19-11-7-8-12-26-19/h4-12,15,21H,3,13-14,16-17H2,1-2H3,(H,27,30). The number of hydrogen-bond acceptors (Lipinski definition) is 4. The number of carbonyl (C=O) groups excluding carboxylic acids is 2. The molecule has 0 saturated carbocycles. The van der Waals surface area contributed by atoms with E-state index in [2.05, 4.69) is 10.3 Å². The van der Waals surface area contributed by atoms with Crippen molar-refractivity contribution in [1.82, 2.24) is 19.8 Å². The van der Waals surface area contributed by atoms with Gasteiger partial charge in [0.05, 0.1) is 42.8 Å². The van der Waals surface area contributed by atoms with Gasteiger partial charge in [-0.25, -0.2) is 0 Å². The summed E-state index contributed by atoms with van der Waals surface area (Å²) in [4.78, 5) is 32.4. The maximum absolute atomic E-state index is 13.3. The minimum absolute atomic E-state index is 0.102. The molecule has 2 aromatic heterocycles. The van der Waals surface area contributed by atoms with Crippen LogP contribution >= 0.6 is 0 Å². The summed E-state index contributed by atoms with van der Waals surface area (Å²) in [5.74, 6) is -0.339. The smallest absolute Gasteiger partial charge is 0.270 e. The molecule has 0 radical (unpaired) electrons. The average molecular weight is 433 g/mol. The minimum Gasteiger partial charge on any atom is -0.373 e. The predicted molar refractivity (Wildman–Crippen MR) is 121 cm³/mol. The van der Waals surface area contributed by atoms with E-state index >= 15 is 0 Å². The number of fused-ring (bicyclic) bond motifs is 1. The Bertz CT molecular complexity index is 1080. The number of hydrogen-bond donors (Lipinski definition) is 1. The van der Waals surface area contributed by atoms with Crippen LogP contribution in [0.25, 0.3) is 0 Å². The van der Waals surface area contributed by atoms with Gasteiger partial charge in [0.15, 0.2) is 0 Å². The Kier molecular flexibility index (Phi) is 6.66. The van der Waals surface area contributed by atoms with Crippen LogP contribution in [0.2, 0.25) is 0 Å². The maximum atomic E-state index is 13.3. The normalized spacial score (nSPS) is 13.8. The third-order valence-corrected chi connectivity index (χ3v) is 5.76. The van der Waals surface area contributed by atoms with E-state index in [0.29, 0.717) is 37.6 Å². The topological polar surface area (TPSA) is 76.5 Å². The Morgan fingerprint density at radius 3 is 2.69 bits per heavy atom. The second-order valence-corrected chi connectivity index (χ2v) is 7.92. The van der Waals surface area contributed by atoms with Crippen LogP contribution < -0.4 is 5.32 Å². The number of carbonyl (C=O) groups is 2. The van der Waals surface area contributed by atoms with E-state index in [1.807, 2.05) is 60.0 Å². The van der Waals surface area contributed by atoms with Gasteiger partial charge in [-0.2, -0.15) is 0 Å². The van der Waals surface area contributed by atoms with Gasteiger partial charge in [0, 0.05) is 19.8 Å². The summed E-state index contributed by atoms with van der Waals surface area (Å²) in [6, 6.07) is 17.1. The number of pyridine rings is 1. The lowest BCUT2D eigenvalue weighted by Crippen LogP contribution is -2.31. The summed E-state index contributed by atoms with van der Waals surface area (Å²) in [6.45, 7) is 3.79. The molecular weight excluding hydrogens is 404 g/mol. The van der Waals surface area contributed by atoms with Crippen molar-refractivity contribution >= 4 is 11.8 Å². The molecular formula is C25H28N4O3. The highest BCUT2D eigenvalue weighted by molar-refractivity contribution is 6.00. The van der Waals surface area contributed by atoms with Crippen LogP contribution in [-0.2, 0) is 24.4 Å². The first-order valence-corrected chi connectivity index (χ1v) is 10.9. The number of rotatable bonds is 7. The van der Waals surface area contributed by atoms with Crippen molar-refractivity contribution < 1.29 is 14.3 Å². The Balaban J connectivity index is 1.58. The summed E-state index contributed by atoms with van der Waals surface area (Å²) in [5.41, 5.74) is 3.60. The molecule has 7 heteroatoms. The zero-order valence-corrected chi connectivity index (χ0v) is 18.5. The van der Waals surface area contributed by atoms with Crippen LogP contribution in [0.4, 0.5) is 0 Å². The number of benzene rings is 1. The number of nitrogens with one attached hydrogen (secondary N) is 1. The van der Waals surface area contributed by atoms with Crippen LogP contribution in [0.5, 0.6) is 0 Å². The van der Waals surface area contributed by atoms with Gasteiger partial charge in [-0.1, -0.05) is 43.3 Å². The van der Waals surface area contributed by atoms with Gasteiger partial charge in [-0.15, -0.1) is 0 Å². The fourth-order valence-corrected chi connectivity index (χ4v) is 4.04. The van der Waals surface area contributed by atoms with E-state index in [0.717, 1.165) is 23.4 Å². The van der Waals surface area contributed by atoms with Crippen LogP contribution in [0, 0.1) is 0 Å². The molecule has 1 atom stereocenters. The minimum atomic E-state index is -0.193. The highest BCUT2D eigenvalue weighted by Gasteiger charge is 2.28. The lowest BCUT2D eigenvalue weighted by Gasteiger charge is -2.22. The largest absolute Gasteiger partial charge is 0.373 e. The first-order valence-electron chi connectivity index (χ1n) is 10.9. The number of nitrogens with zero attached hydrogens (tertiary/aromatic N) is 3. The number of ether oxygens (including phenoxy) is 1. The Morgan fingerprint density at radius 2 is 1.97 bits per heavy atom. The summed E-state index contributed by atoms with van der Waals surface area (Å²) < 4.78 is 7.53. The molecule has 1 aromatic carbocycles. The molecule has 0 aliphatic carbocycles. The molecule has 3 heterocycles. The maximum Gasteiger partial charge on any atom is 0.270 e. The monoisotopic (exact) mass is 432 g/mol. The molecule has 32 heavy (non-hydrogen) atoms. The average Bonchev–Trinajstić information content (AvgIpc) is 3.23. The Hall–Kier alpha value is -3.45. The summed E-state index contributed by atoms with van der Waals surface area (Å²) in [6.07, 6.45) is 2.48. The van der Waals surface area contributed by atoms with Crippen molar-refractivity contribution in [1.29, 1.82) is 0 Å². The van der Waals surface area contributed by atoms with Crippen molar-refractivity contribution in [2.75, 3.05) is 13.7 Å².